The summed E-state index contributed by atoms with van der Waals surface area (Å²) < 4.78 is 5.60. The summed E-state index contributed by atoms with van der Waals surface area (Å²) in [5.41, 5.74) is 5.12. The van der Waals surface area contributed by atoms with E-state index in [0.717, 1.165) is 17.5 Å². The van der Waals surface area contributed by atoms with Crippen molar-refractivity contribution >= 4 is 18.0 Å². The number of amides is 2. The molecule has 0 aliphatic heterocycles. The molecule has 2 aromatic rings. The van der Waals surface area contributed by atoms with Crippen molar-refractivity contribution in [1.29, 1.82) is 0 Å². The number of carboxylic acid groups (broad SMARTS) is 1. The lowest BCUT2D eigenvalue weighted by Crippen LogP contribution is -2.42. The number of benzene rings is 2. The van der Waals surface area contributed by atoms with Crippen LogP contribution in [0.15, 0.2) is 60.2 Å². The van der Waals surface area contributed by atoms with Gasteiger partial charge in [-0.2, -0.15) is 0 Å². The molecule has 0 saturated heterocycles. The van der Waals surface area contributed by atoms with E-state index in [1.807, 2.05) is 38.1 Å². The normalized spacial score (nSPS) is 18.1. The van der Waals surface area contributed by atoms with Crippen LogP contribution in [-0.2, 0) is 14.3 Å². The number of carboxylic acids is 1. The molecule has 3 unspecified atom stereocenters. The highest BCUT2D eigenvalue weighted by Gasteiger charge is 2.30. The van der Waals surface area contributed by atoms with Crippen LogP contribution in [0.4, 0.5) is 4.79 Å². The fourth-order valence-electron chi connectivity index (χ4n) is 4.86. The zero-order valence-corrected chi connectivity index (χ0v) is 20.1. The fourth-order valence-corrected chi connectivity index (χ4v) is 4.86. The summed E-state index contributed by atoms with van der Waals surface area (Å²) in [5.74, 6) is -1.25. The number of alkyl carbamates (subject to hydrolysis) is 1. The van der Waals surface area contributed by atoms with Gasteiger partial charge in [-0.05, 0) is 47.4 Å². The molecule has 0 aromatic heterocycles. The molecule has 0 bridgehead atoms. The van der Waals surface area contributed by atoms with E-state index in [0.29, 0.717) is 24.8 Å². The largest absolute Gasteiger partial charge is 0.480 e. The molecule has 7 nitrogen and oxygen atoms in total. The van der Waals surface area contributed by atoms with Crippen LogP contribution in [0.5, 0.6) is 0 Å². The quantitative estimate of drug-likeness (QED) is 0.490. The second-order valence-electron chi connectivity index (χ2n) is 9.45. The molecule has 3 N–H and O–H groups in total. The molecular weight excluding hydrogens is 444 g/mol. The van der Waals surface area contributed by atoms with Gasteiger partial charge in [0.2, 0.25) is 5.91 Å². The third-order valence-electron chi connectivity index (χ3n) is 7.01. The van der Waals surface area contributed by atoms with Gasteiger partial charge in [-0.15, -0.1) is 0 Å². The number of hydrogen-bond acceptors (Lipinski definition) is 4. The van der Waals surface area contributed by atoms with E-state index in [1.54, 1.807) is 6.08 Å². The smallest absolute Gasteiger partial charge is 0.407 e. The van der Waals surface area contributed by atoms with E-state index in [1.165, 1.54) is 11.1 Å². The summed E-state index contributed by atoms with van der Waals surface area (Å²) in [6, 6.07) is 15.1. The van der Waals surface area contributed by atoms with Crippen LogP contribution >= 0.6 is 0 Å². The van der Waals surface area contributed by atoms with Crippen LogP contribution in [-0.4, -0.2) is 41.8 Å². The van der Waals surface area contributed by atoms with Gasteiger partial charge in [-0.25, -0.2) is 9.59 Å². The maximum Gasteiger partial charge on any atom is 0.407 e. The average Bonchev–Trinajstić information content (AvgIpc) is 3.45. The number of carbonyl (C=O) groups excluding carboxylic acids is 2. The summed E-state index contributed by atoms with van der Waals surface area (Å²) in [7, 11) is 0. The first-order valence-electron chi connectivity index (χ1n) is 12.2. The second kappa shape index (κ2) is 10.8. The van der Waals surface area contributed by atoms with Crippen LogP contribution in [0.1, 0.15) is 56.6 Å². The molecule has 0 spiro atoms. The van der Waals surface area contributed by atoms with Crippen LogP contribution in [0.25, 0.3) is 11.1 Å². The Morgan fingerprint density at radius 2 is 1.69 bits per heavy atom. The Kier molecular flexibility index (Phi) is 7.54. The van der Waals surface area contributed by atoms with Crippen molar-refractivity contribution in [2.24, 2.45) is 5.92 Å². The Bertz CT molecular complexity index is 1100. The van der Waals surface area contributed by atoms with E-state index in [4.69, 9.17) is 4.74 Å². The minimum Gasteiger partial charge on any atom is -0.480 e. The molecule has 35 heavy (non-hydrogen) atoms. The summed E-state index contributed by atoms with van der Waals surface area (Å²) in [4.78, 5) is 36.7. The highest BCUT2D eigenvalue weighted by atomic mass is 16.5. The number of hydrogen-bond donors (Lipinski definition) is 3. The minimum absolute atomic E-state index is 0.0188. The van der Waals surface area contributed by atoms with Gasteiger partial charge in [-0.1, -0.05) is 74.9 Å². The summed E-state index contributed by atoms with van der Waals surface area (Å²) in [6.07, 6.45) is 3.29. The standard InChI is InChI=1S/C28H32N2O5/c1-3-17(2)14-25(27(32)33)30-26(31)18-12-13-19(15-18)29-28(34)35-16-24-22-10-6-4-8-20(22)21-9-5-7-11-23(21)24/h4-12,17,19,24-25H,3,13-16H2,1-2H3,(H,29,34)(H,30,31)(H,32,33). The molecular formula is C28H32N2O5. The number of nitrogens with one attached hydrogen (secondary N) is 2. The predicted molar refractivity (Wildman–Crippen MR) is 133 cm³/mol. The Hall–Kier alpha value is -3.61. The van der Waals surface area contributed by atoms with Gasteiger partial charge in [0.05, 0.1) is 0 Å². The van der Waals surface area contributed by atoms with Crippen LogP contribution < -0.4 is 10.6 Å². The predicted octanol–water partition coefficient (Wildman–Crippen LogP) is 4.62. The lowest BCUT2D eigenvalue weighted by atomic mass is 9.98. The summed E-state index contributed by atoms with van der Waals surface area (Å²) >= 11 is 0. The zero-order valence-electron chi connectivity index (χ0n) is 20.1. The molecule has 2 aromatic carbocycles. The minimum atomic E-state index is -1.04. The number of ether oxygens (including phenoxy) is 1. The number of fused-ring (bicyclic) bond motifs is 3. The number of carbonyl (C=O) groups is 3. The third kappa shape index (κ3) is 5.56. The lowest BCUT2D eigenvalue weighted by molar-refractivity contribution is -0.141. The molecule has 4 rings (SSSR count). The van der Waals surface area contributed by atoms with Gasteiger partial charge in [0.1, 0.15) is 12.6 Å². The van der Waals surface area contributed by atoms with Gasteiger partial charge < -0.3 is 20.5 Å². The molecule has 2 aliphatic carbocycles. The SMILES string of the molecule is CCC(C)CC(NC(=O)C1=CCC(NC(=O)OCC2c3ccccc3-c3ccccc32)C1)C(=O)O. The van der Waals surface area contributed by atoms with Crippen molar-refractivity contribution in [2.75, 3.05) is 6.61 Å². The van der Waals surface area contributed by atoms with Crippen molar-refractivity contribution in [1.82, 2.24) is 10.6 Å². The molecule has 0 fully saturated rings. The molecule has 184 valence electrons. The maximum absolute atomic E-state index is 12.6. The van der Waals surface area contributed by atoms with Gasteiger partial charge in [0.15, 0.2) is 0 Å². The fraction of sp³-hybridized carbons (Fsp3) is 0.393. The topological polar surface area (TPSA) is 105 Å². The van der Waals surface area contributed by atoms with E-state index in [-0.39, 0.29) is 24.5 Å². The molecule has 2 amide bonds. The third-order valence-corrected chi connectivity index (χ3v) is 7.01. The Morgan fingerprint density at radius 3 is 2.29 bits per heavy atom. The van der Waals surface area contributed by atoms with Gasteiger partial charge >= 0.3 is 12.1 Å². The second-order valence-corrected chi connectivity index (χ2v) is 9.45. The van der Waals surface area contributed by atoms with Crippen LogP contribution in [0, 0.1) is 5.92 Å². The lowest BCUT2D eigenvalue weighted by Gasteiger charge is -2.19. The Balaban J connectivity index is 1.28. The Morgan fingerprint density at radius 1 is 1.06 bits per heavy atom. The molecule has 2 aliphatic rings. The molecule has 0 saturated carbocycles. The first kappa shape index (κ1) is 24.5. The first-order valence-corrected chi connectivity index (χ1v) is 12.2. The molecule has 3 atom stereocenters. The van der Waals surface area contributed by atoms with Crippen molar-refractivity contribution in [3.8, 4) is 11.1 Å². The van der Waals surface area contributed by atoms with Crippen molar-refractivity contribution in [2.45, 2.75) is 57.5 Å². The maximum atomic E-state index is 12.6. The van der Waals surface area contributed by atoms with E-state index >= 15 is 0 Å². The van der Waals surface area contributed by atoms with Crippen LogP contribution in [0.3, 0.4) is 0 Å². The van der Waals surface area contributed by atoms with Gasteiger partial charge in [0, 0.05) is 17.5 Å². The highest BCUT2D eigenvalue weighted by Crippen LogP contribution is 2.44. The summed E-state index contributed by atoms with van der Waals surface area (Å²) in [6.45, 7) is 4.18. The molecule has 0 heterocycles. The Labute approximate surface area is 205 Å². The van der Waals surface area contributed by atoms with Gasteiger partial charge in [0.25, 0.3) is 0 Å². The van der Waals surface area contributed by atoms with Gasteiger partial charge in [-0.3, -0.25) is 4.79 Å². The monoisotopic (exact) mass is 476 g/mol. The first-order chi connectivity index (χ1) is 16.9. The average molecular weight is 477 g/mol. The van der Waals surface area contributed by atoms with Crippen molar-refractivity contribution < 1.29 is 24.2 Å². The van der Waals surface area contributed by atoms with Crippen molar-refractivity contribution in [3.05, 3.63) is 71.3 Å². The zero-order chi connectivity index (χ0) is 24.9. The van der Waals surface area contributed by atoms with Crippen LogP contribution in [0.2, 0.25) is 0 Å². The number of aliphatic carboxylic acids is 1. The highest BCUT2D eigenvalue weighted by molar-refractivity contribution is 5.96. The number of rotatable bonds is 9. The van der Waals surface area contributed by atoms with E-state index in [9.17, 15) is 19.5 Å². The summed E-state index contributed by atoms with van der Waals surface area (Å²) in [5, 5.41) is 14.9. The van der Waals surface area contributed by atoms with E-state index < -0.39 is 24.0 Å². The van der Waals surface area contributed by atoms with Crippen molar-refractivity contribution in [3.63, 3.8) is 0 Å². The van der Waals surface area contributed by atoms with E-state index in [2.05, 4.69) is 34.9 Å². The molecule has 7 heteroatoms. The molecule has 0 radical (unpaired) electrons.